The number of hydrogen-bond acceptors (Lipinski definition) is 3. The highest BCUT2D eigenvalue weighted by Crippen LogP contribution is 2.32. The van der Waals surface area contributed by atoms with E-state index in [0.29, 0.717) is 25.3 Å². The molecule has 4 rings (SSSR count). The number of aromatic nitrogens is 1. The molecule has 0 bridgehead atoms. The molecule has 0 unspecified atom stereocenters. The van der Waals surface area contributed by atoms with Crippen molar-refractivity contribution in [2.45, 2.75) is 39.4 Å². The number of fused-ring (bicyclic) bond motifs is 3. The number of rotatable bonds is 6. The van der Waals surface area contributed by atoms with Crippen molar-refractivity contribution in [3.05, 3.63) is 71.4 Å². The normalized spacial score (nSPS) is 17.8. The third-order valence-corrected chi connectivity index (χ3v) is 6.16. The van der Waals surface area contributed by atoms with Crippen LogP contribution in [0.3, 0.4) is 0 Å². The van der Waals surface area contributed by atoms with Crippen molar-refractivity contribution < 1.29 is 14.4 Å². The summed E-state index contributed by atoms with van der Waals surface area (Å²) >= 11 is 0. The highest BCUT2D eigenvalue weighted by Gasteiger charge is 2.46. The van der Waals surface area contributed by atoms with Gasteiger partial charge in [0, 0.05) is 24.0 Å². The minimum absolute atomic E-state index is 0.148. The first-order chi connectivity index (χ1) is 15.3. The Morgan fingerprint density at radius 3 is 2.50 bits per heavy atom. The molecule has 2 heterocycles. The second-order valence-electron chi connectivity index (χ2n) is 8.44. The lowest BCUT2D eigenvalue weighted by Crippen LogP contribution is -2.64. The van der Waals surface area contributed by atoms with Gasteiger partial charge in [-0.3, -0.25) is 14.4 Å². The molecule has 0 radical (unpaired) electrons. The van der Waals surface area contributed by atoms with Crippen molar-refractivity contribution in [2.24, 2.45) is 0 Å². The molecule has 1 aromatic heterocycles. The van der Waals surface area contributed by atoms with Crippen LogP contribution in [0.5, 0.6) is 0 Å². The maximum atomic E-state index is 13.2. The number of nitrogens with zero attached hydrogens (tertiary/aromatic N) is 2. The number of amides is 3. The maximum absolute atomic E-state index is 13.2. The summed E-state index contributed by atoms with van der Waals surface area (Å²) < 4.78 is 1.90. The minimum Gasteiger partial charge on any atom is -0.350 e. The Labute approximate surface area is 187 Å². The van der Waals surface area contributed by atoms with Crippen LogP contribution in [0.25, 0.3) is 10.9 Å². The van der Waals surface area contributed by atoms with Gasteiger partial charge in [0.15, 0.2) is 0 Å². The van der Waals surface area contributed by atoms with Crippen molar-refractivity contribution in [1.29, 1.82) is 0 Å². The first-order valence-corrected chi connectivity index (χ1v) is 10.8. The van der Waals surface area contributed by atoms with Crippen LogP contribution in [0, 0.1) is 6.92 Å². The van der Waals surface area contributed by atoms with E-state index in [0.717, 1.165) is 22.0 Å². The molecule has 7 heteroatoms. The van der Waals surface area contributed by atoms with E-state index in [1.54, 1.807) is 11.8 Å². The van der Waals surface area contributed by atoms with Gasteiger partial charge in [0.05, 0.1) is 13.1 Å². The summed E-state index contributed by atoms with van der Waals surface area (Å²) in [6.45, 7) is 6.58. The van der Waals surface area contributed by atoms with Gasteiger partial charge in [-0.1, -0.05) is 48.0 Å². The van der Waals surface area contributed by atoms with Gasteiger partial charge in [0.2, 0.25) is 11.8 Å². The van der Waals surface area contributed by atoms with E-state index in [4.69, 9.17) is 0 Å². The molecule has 0 fully saturated rings. The lowest BCUT2D eigenvalue weighted by atomic mass is 9.95. The summed E-state index contributed by atoms with van der Waals surface area (Å²) in [4.78, 5) is 40.3. The average molecular weight is 433 g/mol. The van der Waals surface area contributed by atoms with Crippen molar-refractivity contribution in [3.8, 4) is 0 Å². The maximum Gasteiger partial charge on any atom is 0.271 e. The Morgan fingerprint density at radius 1 is 1.06 bits per heavy atom. The fourth-order valence-electron chi connectivity index (χ4n) is 4.32. The largest absolute Gasteiger partial charge is 0.350 e. The predicted molar refractivity (Wildman–Crippen MR) is 123 cm³/mol. The van der Waals surface area contributed by atoms with E-state index in [-0.39, 0.29) is 24.3 Å². The number of likely N-dealkylation sites (N-methyl/N-ethyl adjacent to an activating group) is 1. The molecular weight excluding hydrogens is 404 g/mol. The molecule has 32 heavy (non-hydrogen) atoms. The lowest BCUT2D eigenvalue weighted by molar-refractivity contribution is -0.134. The summed E-state index contributed by atoms with van der Waals surface area (Å²) in [6.07, 6.45) is 0. The van der Waals surface area contributed by atoms with Gasteiger partial charge in [-0.15, -0.1) is 0 Å². The molecule has 0 aliphatic carbocycles. The first kappa shape index (κ1) is 21.6. The molecule has 0 saturated heterocycles. The minimum atomic E-state index is -1.10. The molecule has 2 N–H and O–H groups in total. The van der Waals surface area contributed by atoms with Crippen LogP contribution in [0.1, 0.15) is 35.5 Å². The van der Waals surface area contributed by atoms with E-state index in [2.05, 4.69) is 10.6 Å². The number of para-hydroxylation sites is 1. The number of benzene rings is 2. The SMILES string of the molecule is CCN1C(=O)c2cc3ccccc3n2C[C@]1(C)C(=O)NCC(=O)NCc1ccc(C)cc1. The second kappa shape index (κ2) is 8.49. The average Bonchev–Trinajstić information content (AvgIpc) is 3.16. The number of carbonyl (C=O) groups excluding carboxylic acids is 3. The summed E-state index contributed by atoms with van der Waals surface area (Å²) in [6, 6.07) is 17.5. The molecule has 1 aliphatic rings. The Hall–Kier alpha value is -3.61. The van der Waals surface area contributed by atoms with Crippen molar-refractivity contribution >= 4 is 28.6 Å². The molecule has 0 spiro atoms. The number of hydrogen-bond donors (Lipinski definition) is 2. The van der Waals surface area contributed by atoms with Crippen LogP contribution in [0.15, 0.2) is 54.6 Å². The van der Waals surface area contributed by atoms with Gasteiger partial charge in [-0.2, -0.15) is 0 Å². The van der Waals surface area contributed by atoms with E-state index in [9.17, 15) is 14.4 Å². The van der Waals surface area contributed by atoms with Gasteiger partial charge in [-0.05, 0) is 38.5 Å². The Balaban J connectivity index is 1.46. The number of aryl methyl sites for hydroxylation is 1. The van der Waals surface area contributed by atoms with Gasteiger partial charge >= 0.3 is 0 Å². The smallest absolute Gasteiger partial charge is 0.271 e. The third kappa shape index (κ3) is 3.86. The molecule has 2 aromatic carbocycles. The first-order valence-electron chi connectivity index (χ1n) is 10.8. The van der Waals surface area contributed by atoms with Gasteiger partial charge in [0.25, 0.3) is 5.91 Å². The van der Waals surface area contributed by atoms with Crippen LogP contribution in [-0.2, 0) is 22.7 Å². The van der Waals surface area contributed by atoms with Gasteiger partial charge < -0.3 is 20.1 Å². The zero-order chi connectivity index (χ0) is 22.9. The zero-order valence-corrected chi connectivity index (χ0v) is 18.6. The number of carbonyl (C=O) groups is 3. The summed E-state index contributed by atoms with van der Waals surface area (Å²) in [7, 11) is 0. The molecule has 3 amide bonds. The predicted octanol–water partition coefficient (Wildman–Crippen LogP) is 2.62. The van der Waals surface area contributed by atoms with Crippen LogP contribution in [0.4, 0.5) is 0 Å². The Morgan fingerprint density at radius 2 is 1.78 bits per heavy atom. The van der Waals surface area contributed by atoms with Crippen molar-refractivity contribution in [3.63, 3.8) is 0 Å². The molecular formula is C25H28N4O3. The van der Waals surface area contributed by atoms with E-state index in [1.165, 1.54) is 0 Å². The Kier molecular flexibility index (Phi) is 5.74. The summed E-state index contributed by atoms with van der Waals surface area (Å²) in [5.74, 6) is -0.808. The van der Waals surface area contributed by atoms with Crippen LogP contribution in [-0.4, -0.2) is 45.8 Å². The molecule has 166 valence electrons. The van der Waals surface area contributed by atoms with Crippen LogP contribution in [0.2, 0.25) is 0 Å². The lowest BCUT2D eigenvalue weighted by Gasteiger charge is -2.43. The highest BCUT2D eigenvalue weighted by molar-refractivity contribution is 6.04. The summed E-state index contributed by atoms with van der Waals surface area (Å²) in [5, 5.41) is 6.52. The van der Waals surface area contributed by atoms with Crippen molar-refractivity contribution in [1.82, 2.24) is 20.1 Å². The molecule has 0 saturated carbocycles. The van der Waals surface area contributed by atoms with Gasteiger partial charge in [-0.25, -0.2) is 0 Å². The highest BCUT2D eigenvalue weighted by atomic mass is 16.2. The number of nitrogens with one attached hydrogen (secondary N) is 2. The standard InChI is InChI=1S/C25H28N4O3/c1-4-29-23(31)21-13-19-7-5-6-8-20(19)28(21)16-25(29,3)24(32)27-15-22(30)26-14-18-11-9-17(2)10-12-18/h5-13H,4,14-16H2,1-3H3,(H,26,30)(H,27,32)/t25-/m1/s1. The van der Waals surface area contributed by atoms with Crippen LogP contribution < -0.4 is 10.6 Å². The fraction of sp³-hybridized carbons (Fsp3) is 0.320. The van der Waals surface area contributed by atoms with Gasteiger partial charge in [0.1, 0.15) is 11.2 Å². The zero-order valence-electron chi connectivity index (χ0n) is 18.6. The molecule has 7 nitrogen and oxygen atoms in total. The molecule has 3 aromatic rings. The third-order valence-electron chi connectivity index (χ3n) is 6.16. The second-order valence-corrected chi connectivity index (χ2v) is 8.44. The Bertz CT molecular complexity index is 1180. The van der Waals surface area contributed by atoms with E-state index >= 15 is 0 Å². The monoisotopic (exact) mass is 432 g/mol. The molecule has 1 aliphatic heterocycles. The van der Waals surface area contributed by atoms with Crippen LogP contribution >= 0.6 is 0 Å². The van der Waals surface area contributed by atoms with Crippen molar-refractivity contribution in [2.75, 3.05) is 13.1 Å². The van der Waals surface area contributed by atoms with E-state index in [1.807, 2.05) is 73.0 Å². The van der Waals surface area contributed by atoms with E-state index < -0.39 is 5.54 Å². The quantitative estimate of drug-likeness (QED) is 0.628. The topological polar surface area (TPSA) is 83.4 Å². The summed E-state index contributed by atoms with van der Waals surface area (Å²) in [5.41, 5.74) is 2.54. The fourth-order valence-corrected chi connectivity index (χ4v) is 4.32. The molecule has 1 atom stereocenters.